The van der Waals surface area contributed by atoms with Crippen molar-refractivity contribution in [2.24, 2.45) is 0 Å². The first kappa shape index (κ1) is 20.0. The first-order chi connectivity index (χ1) is 13.3. The summed E-state index contributed by atoms with van der Waals surface area (Å²) in [5, 5.41) is 12.7. The summed E-state index contributed by atoms with van der Waals surface area (Å²) >= 11 is 0. The molecule has 0 bridgehead atoms. The van der Waals surface area contributed by atoms with Gasteiger partial charge in [0, 0.05) is 12.8 Å². The number of rotatable bonds is 10. The van der Waals surface area contributed by atoms with Crippen molar-refractivity contribution >= 4 is 0 Å². The Morgan fingerprint density at radius 1 is 1.07 bits per heavy atom. The molecular weight excluding hydrogens is 336 g/mol. The van der Waals surface area contributed by atoms with Crippen LogP contribution in [-0.2, 0) is 4.74 Å². The number of likely N-dealkylation sites (N-methyl/N-ethyl adjacent to an activating group) is 1. The Hall–Kier alpha value is -1.72. The van der Waals surface area contributed by atoms with Crippen molar-refractivity contribution in [3.05, 3.63) is 71.8 Å². The lowest BCUT2D eigenvalue weighted by molar-refractivity contribution is -0.924. The summed E-state index contributed by atoms with van der Waals surface area (Å²) in [6.07, 6.45) is 2.06. The minimum Gasteiger partial charge on any atom is -0.385 e. The van der Waals surface area contributed by atoms with Gasteiger partial charge in [0.25, 0.3) is 0 Å². The van der Waals surface area contributed by atoms with Gasteiger partial charge in [-0.15, -0.1) is 0 Å². The van der Waals surface area contributed by atoms with Gasteiger partial charge in [-0.3, -0.25) is 0 Å². The number of hydrogen-bond donors (Lipinski definition) is 3. The Morgan fingerprint density at radius 2 is 1.70 bits per heavy atom. The number of aliphatic hydroxyl groups is 1. The Morgan fingerprint density at radius 3 is 2.30 bits per heavy atom. The number of nitrogens with two attached hydrogens (primary N) is 1. The number of quaternary nitrogens is 2. The van der Waals surface area contributed by atoms with Gasteiger partial charge in [-0.05, 0) is 18.1 Å². The minimum atomic E-state index is -0.452. The predicted octanol–water partition coefficient (Wildman–Crippen LogP) is 0.784. The molecule has 3 rings (SSSR count). The van der Waals surface area contributed by atoms with Gasteiger partial charge < -0.3 is 20.1 Å². The summed E-state index contributed by atoms with van der Waals surface area (Å²) in [6.45, 7) is 6.92. The molecule has 1 aliphatic heterocycles. The monoisotopic (exact) mass is 370 g/mol. The lowest BCUT2D eigenvalue weighted by Gasteiger charge is -2.21. The number of ether oxygens (including phenoxy) is 1. The van der Waals surface area contributed by atoms with Crippen LogP contribution in [0.25, 0.3) is 0 Å². The average Bonchev–Trinajstić information content (AvgIpc) is 3.17. The molecule has 0 aromatic heterocycles. The summed E-state index contributed by atoms with van der Waals surface area (Å²) in [7, 11) is 0. The quantitative estimate of drug-likeness (QED) is 0.579. The van der Waals surface area contributed by atoms with Crippen LogP contribution < -0.4 is 10.2 Å². The van der Waals surface area contributed by atoms with Crippen molar-refractivity contribution in [1.82, 2.24) is 0 Å². The summed E-state index contributed by atoms with van der Waals surface area (Å²) < 4.78 is 6.17. The lowest BCUT2D eigenvalue weighted by atomic mass is 10.0. The summed E-state index contributed by atoms with van der Waals surface area (Å²) in [4.78, 5) is 1.71. The highest BCUT2D eigenvalue weighted by molar-refractivity contribution is 5.29. The van der Waals surface area contributed by atoms with Gasteiger partial charge in [-0.2, -0.15) is 0 Å². The molecule has 0 saturated carbocycles. The van der Waals surface area contributed by atoms with Crippen molar-refractivity contribution in [3.63, 3.8) is 0 Å². The van der Waals surface area contributed by atoms with E-state index >= 15 is 0 Å². The topological polar surface area (TPSA) is 50.5 Å². The van der Waals surface area contributed by atoms with E-state index in [0.717, 1.165) is 23.7 Å². The molecular formula is C23H34N2O2+2. The Bertz CT molecular complexity index is 610. The van der Waals surface area contributed by atoms with E-state index in [0.29, 0.717) is 13.2 Å². The molecule has 2 aromatic rings. The van der Waals surface area contributed by atoms with E-state index in [1.54, 1.807) is 4.90 Å². The maximum atomic E-state index is 10.4. The van der Waals surface area contributed by atoms with Gasteiger partial charge in [0.1, 0.15) is 31.3 Å². The van der Waals surface area contributed by atoms with Crippen molar-refractivity contribution in [3.8, 4) is 0 Å². The number of benzene rings is 2. The fourth-order valence-electron chi connectivity index (χ4n) is 4.14. The van der Waals surface area contributed by atoms with Gasteiger partial charge in [0.2, 0.25) is 0 Å². The van der Waals surface area contributed by atoms with E-state index in [2.05, 4.69) is 36.5 Å². The van der Waals surface area contributed by atoms with Crippen LogP contribution in [-0.4, -0.2) is 50.0 Å². The maximum Gasteiger partial charge on any atom is 0.137 e. The maximum absolute atomic E-state index is 10.4. The predicted molar refractivity (Wildman–Crippen MR) is 108 cm³/mol. The van der Waals surface area contributed by atoms with Crippen molar-refractivity contribution in [2.75, 3.05) is 32.8 Å². The highest BCUT2D eigenvalue weighted by atomic mass is 16.5. The summed E-state index contributed by atoms with van der Waals surface area (Å²) in [5.74, 6) is 0. The van der Waals surface area contributed by atoms with E-state index in [1.807, 2.05) is 36.4 Å². The smallest absolute Gasteiger partial charge is 0.137 e. The molecule has 2 aromatic carbocycles. The molecule has 0 radical (unpaired) electrons. The van der Waals surface area contributed by atoms with Crippen LogP contribution in [0.15, 0.2) is 60.7 Å². The average molecular weight is 371 g/mol. The Balaban J connectivity index is 1.49. The van der Waals surface area contributed by atoms with E-state index in [-0.39, 0.29) is 6.10 Å². The Kier molecular flexibility index (Phi) is 7.84. The third kappa shape index (κ3) is 5.88. The standard InChI is InChI=1S/C23H32N2O2/c1-2-25-15-9-14-21(25)16-24-17-22(26)18-27-23(19-10-5-3-6-11-19)20-12-7-4-8-13-20/h3-8,10-13,21-24,26H,2,9,14-18H2,1H3/p+2/t21-,22-/m0/s1. The highest BCUT2D eigenvalue weighted by Gasteiger charge is 2.28. The molecule has 4 heteroatoms. The molecule has 1 aliphatic rings. The third-order valence-corrected chi connectivity index (χ3v) is 5.63. The summed E-state index contributed by atoms with van der Waals surface area (Å²) in [6, 6.07) is 21.2. The second-order valence-corrected chi connectivity index (χ2v) is 7.55. The molecule has 1 fully saturated rings. The largest absolute Gasteiger partial charge is 0.385 e. The normalized spacial score (nSPS) is 20.9. The van der Waals surface area contributed by atoms with Gasteiger partial charge >= 0.3 is 0 Å². The molecule has 1 saturated heterocycles. The van der Waals surface area contributed by atoms with Gasteiger partial charge in [-0.1, -0.05) is 60.7 Å². The van der Waals surface area contributed by atoms with E-state index in [1.165, 1.54) is 25.9 Å². The van der Waals surface area contributed by atoms with Crippen molar-refractivity contribution in [1.29, 1.82) is 0 Å². The lowest BCUT2D eigenvalue weighted by Crippen LogP contribution is -3.16. The zero-order valence-corrected chi connectivity index (χ0v) is 16.4. The fourth-order valence-corrected chi connectivity index (χ4v) is 4.14. The van der Waals surface area contributed by atoms with Crippen LogP contribution in [0.4, 0.5) is 0 Å². The molecule has 4 nitrogen and oxygen atoms in total. The van der Waals surface area contributed by atoms with Crippen LogP contribution in [0.3, 0.4) is 0 Å². The van der Waals surface area contributed by atoms with Gasteiger partial charge in [0.05, 0.1) is 19.7 Å². The van der Waals surface area contributed by atoms with Gasteiger partial charge in [-0.25, -0.2) is 0 Å². The number of hydrogen-bond acceptors (Lipinski definition) is 2. The van der Waals surface area contributed by atoms with Crippen molar-refractivity contribution < 1.29 is 20.1 Å². The molecule has 3 atom stereocenters. The Labute approximate surface area is 163 Å². The first-order valence-electron chi connectivity index (χ1n) is 10.3. The van der Waals surface area contributed by atoms with Crippen LogP contribution >= 0.6 is 0 Å². The van der Waals surface area contributed by atoms with E-state index in [9.17, 15) is 5.11 Å². The van der Waals surface area contributed by atoms with Gasteiger partial charge in [0.15, 0.2) is 0 Å². The molecule has 0 spiro atoms. The molecule has 1 unspecified atom stereocenters. The summed E-state index contributed by atoms with van der Waals surface area (Å²) in [5.41, 5.74) is 2.24. The zero-order valence-electron chi connectivity index (χ0n) is 16.4. The minimum absolute atomic E-state index is 0.142. The number of likely N-dealkylation sites (tertiary alicyclic amines) is 1. The molecule has 146 valence electrons. The second kappa shape index (κ2) is 10.6. The molecule has 27 heavy (non-hydrogen) atoms. The van der Waals surface area contributed by atoms with Crippen LogP contribution in [0.5, 0.6) is 0 Å². The highest BCUT2D eigenvalue weighted by Crippen LogP contribution is 2.25. The van der Waals surface area contributed by atoms with Crippen LogP contribution in [0, 0.1) is 0 Å². The van der Waals surface area contributed by atoms with Crippen LogP contribution in [0.1, 0.15) is 37.0 Å². The van der Waals surface area contributed by atoms with E-state index in [4.69, 9.17) is 4.74 Å². The molecule has 0 amide bonds. The molecule has 1 heterocycles. The molecule has 4 N–H and O–H groups in total. The number of aliphatic hydroxyl groups excluding tert-OH is 1. The molecule has 0 aliphatic carbocycles. The van der Waals surface area contributed by atoms with Crippen molar-refractivity contribution in [2.45, 2.75) is 38.0 Å². The number of nitrogens with one attached hydrogen (secondary N) is 1. The van der Waals surface area contributed by atoms with E-state index < -0.39 is 6.10 Å². The fraction of sp³-hybridized carbons (Fsp3) is 0.478. The first-order valence-corrected chi connectivity index (χ1v) is 10.3. The third-order valence-electron chi connectivity index (χ3n) is 5.63. The second-order valence-electron chi connectivity index (χ2n) is 7.55. The SMILES string of the molecule is CC[NH+]1CCC[C@H]1C[NH2+]C[C@H](O)COC(c1ccccc1)c1ccccc1. The zero-order chi connectivity index (χ0) is 18.9. The van der Waals surface area contributed by atoms with Crippen LogP contribution in [0.2, 0.25) is 0 Å².